The predicted molar refractivity (Wildman–Crippen MR) is 76.4 cm³/mol. The van der Waals surface area contributed by atoms with Gasteiger partial charge < -0.3 is 14.8 Å². The lowest BCUT2D eigenvalue weighted by molar-refractivity contribution is 0.171. The fourth-order valence-electron chi connectivity index (χ4n) is 2.06. The molecule has 1 aliphatic rings. The largest absolute Gasteiger partial charge is 0.486 e. The van der Waals surface area contributed by atoms with E-state index in [4.69, 9.17) is 14.7 Å². The van der Waals surface area contributed by atoms with Crippen LogP contribution in [0.5, 0.6) is 11.5 Å². The fraction of sp³-hybridized carbons (Fsp3) is 0.267. The third-order valence-electron chi connectivity index (χ3n) is 3.09. The van der Waals surface area contributed by atoms with Crippen molar-refractivity contribution in [2.24, 2.45) is 0 Å². The van der Waals surface area contributed by atoms with E-state index in [2.05, 4.69) is 15.3 Å². The summed E-state index contributed by atoms with van der Waals surface area (Å²) in [5.41, 5.74) is 1.47. The summed E-state index contributed by atoms with van der Waals surface area (Å²) >= 11 is 0. The van der Waals surface area contributed by atoms with Gasteiger partial charge in [-0.05, 0) is 24.1 Å². The molecule has 0 spiro atoms. The Kier molecular flexibility index (Phi) is 3.83. The molecular formula is C15H14N4O2. The Labute approximate surface area is 122 Å². The van der Waals surface area contributed by atoms with Gasteiger partial charge in [-0.25, -0.2) is 9.97 Å². The van der Waals surface area contributed by atoms with Crippen LogP contribution < -0.4 is 14.8 Å². The molecule has 0 radical (unpaired) electrons. The van der Waals surface area contributed by atoms with Crippen molar-refractivity contribution in [2.45, 2.75) is 6.42 Å². The van der Waals surface area contributed by atoms with Crippen molar-refractivity contribution in [3.05, 3.63) is 41.9 Å². The molecule has 6 heteroatoms. The molecule has 21 heavy (non-hydrogen) atoms. The maximum absolute atomic E-state index is 8.66. The highest BCUT2D eigenvalue weighted by Crippen LogP contribution is 2.30. The first-order valence-electron chi connectivity index (χ1n) is 6.70. The summed E-state index contributed by atoms with van der Waals surface area (Å²) < 4.78 is 11.0. The molecule has 0 atom stereocenters. The highest BCUT2D eigenvalue weighted by molar-refractivity contribution is 5.44. The van der Waals surface area contributed by atoms with Gasteiger partial charge in [-0.2, -0.15) is 5.26 Å². The Morgan fingerprint density at radius 1 is 1.14 bits per heavy atom. The average Bonchev–Trinajstić information content (AvgIpc) is 2.55. The van der Waals surface area contributed by atoms with E-state index in [9.17, 15) is 0 Å². The zero-order chi connectivity index (χ0) is 14.5. The molecule has 0 saturated carbocycles. The number of ether oxygens (including phenoxy) is 2. The van der Waals surface area contributed by atoms with Gasteiger partial charge in [0.05, 0.1) is 12.4 Å². The van der Waals surface area contributed by atoms with Crippen molar-refractivity contribution in [3.63, 3.8) is 0 Å². The maximum atomic E-state index is 8.66. The Morgan fingerprint density at radius 3 is 2.76 bits per heavy atom. The van der Waals surface area contributed by atoms with Gasteiger partial charge in [0.15, 0.2) is 17.2 Å². The molecule has 0 saturated heterocycles. The van der Waals surface area contributed by atoms with Gasteiger partial charge in [-0.1, -0.05) is 6.07 Å². The van der Waals surface area contributed by atoms with E-state index in [0.717, 1.165) is 30.0 Å². The summed E-state index contributed by atoms with van der Waals surface area (Å²) in [4.78, 5) is 8.07. The maximum Gasteiger partial charge on any atom is 0.161 e. The number of nitrogens with zero attached hydrogens (tertiary/aromatic N) is 3. The molecular weight excluding hydrogens is 268 g/mol. The van der Waals surface area contributed by atoms with Crippen LogP contribution in [0.2, 0.25) is 0 Å². The smallest absolute Gasteiger partial charge is 0.161 e. The van der Waals surface area contributed by atoms with Gasteiger partial charge in [0.1, 0.15) is 25.1 Å². The SMILES string of the molecule is N#Cc1cnc(NCCc2ccc3c(c2)OCCO3)cn1. The van der Waals surface area contributed by atoms with Crippen molar-refractivity contribution in [2.75, 3.05) is 25.1 Å². The fourth-order valence-corrected chi connectivity index (χ4v) is 2.06. The molecule has 3 rings (SSSR count). The summed E-state index contributed by atoms with van der Waals surface area (Å²) in [5.74, 6) is 2.26. The lowest BCUT2D eigenvalue weighted by Crippen LogP contribution is -2.15. The number of nitriles is 1. The van der Waals surface area contributed by atoms with Crippen LogP contribution in [0.1, 0.15) is 11.3 Å². The number of fused-ring (bicyclic) bond motifs is 1. The molecule has 6 nitrogen and oxygen atoms in total. The number of hydrogen-bond acceptors (Lipinski definition) is 6. The first-order valence-corrected chi connectivity index (χ1v) is 6.70. The lowest BCUT2D eigenvalue weighted by Gasteiger charge is -2.18. The van der Waals surface area contributed by atoms with Crippen molar-refractivity contribution >= 4 is 5.82 Å². The molecule has 1 aromatic heterocycles. The third-order valence-corrected chi connectivity index (χ3v) is 3.09. The number of benzene rings is 1. The van der Waals surface area contributed by atoms with Crippen LogP contribution in [0.3, 0.4) is 0 Å². The number of aromatic nitrogens is 2. The number of anilines is 1. The van der Waals surface area contributed by atoms with E-state index in [0.29, 0.717) is 24.7 Å². The summed E-state index contributed by atoms with van der Waals surface area (Å²) in [7, 11) is 0. The quantitative estimate of drug-likeness (QED) is 0.920. The van der Waals surface area contributed by atoms with E-state index >= 15 is 0 Å². The molecule has 2 aromatic rings. The first-order chi connectivity index (χ1) is 10.3. The van der Waals surface area contributed by atoms with Crippen LogP contribution in [-0.2, 0) is 6.42 Å². The number of nitrogens with one attached hydrogen (secondary N) is 1. The summed E-state index contributed by atoms with van der Waals surface area (Å²) in [5, 5.41) is 11.8. The highest BCUT2D eigenvalue weighted by Gasteiger charge is 2.11. The second-order valence-electron chi connectivity index (χ2n) is 4.55. The van der Waals surface area contributed by atoms with E-state index in [1.165, 1.54) is 6.20 Å². The van der Waals surface area contributed by atoms with Crippen LogP contribution in [-0.4, -0.2) is 29.7 Å². The van der Waals surface area contributed by atoms with E-state index in [-0.39, 0.29) is 0 Å². The average molecular weight is 282 g/mol. The number of rotatable bonds is 4. The molecule has 2 heterocycles. The van der Waals surface area contributed by atoms with Crippen molar-refractivity contribution in [3.8, 4) is 17.6 Å². The van der Waals surface area contributed by atoms with E-state index in [1.54, 1.807) is 6.20 Å². The molecule has 0 aliphatic carbocycles. The Bertz CT molecular complexity index is 664. The minimum absolute atomic E-state index is 0.312. The zero-order valence-electron chi connectivity index (χ0n) is 11.4. The van der Waals surface area contributed by atoms with Crippen LogP contribution in [0.25, 0.3) is 0 Å². The molecule has 106 valence electrons. The normalized spacial score (nSPS) is 12.5. The Balaban J connectivity index is 1.56. The Hall–Kier alpha value is -2.81. The molecule has 0 amide bonds. The van der Waals surface area contributed by atoms with E-state index in [1.807, 2.05) is 24.3 Å². The zero-order valence-corrected chi connectivity index (χ0v) is 11.4. The second kappa shape index (κ2) is 6.09. The van der Waals surface area contributed by atoms with Crippen LogP contribution in [0.4, 0.5) is 5.82 Å². The van der Waals surface area contributed by atoms with Gasteiger partial charge in [-0.15, -0.1) is 0 Å². The van der Waals surface area contributed by atoms with Gasteiger partial charge in [0.25, 0.3) is 0 Å². The lowest BCUT2D eigenvalue weighted by atomic mass is 10.1. The second-order valence-corrected chi connectivity index (χ2v) is 4.55. The van der Waals surface area contributed by atoms with Gasteiger partial charge in [0, 0.05) is 6.54 Å². The molecule has 0 bridgehead atoms. The predicted octanol–water partition coefficient (Wildman–Crippen LogP) is 1.77. The minimum Gasteiger partial charge on any atom is -0.486 e. The molecule has 0 fully saturated rings. The third kappa shape index (κ3) is 3.20. The standard InChI is InChI=1S/C15H14N4O2/c16-8-12-9-19-15(10-18-12)17-4-3-11-1-2-13-14(7-11)21-6-5-20-13/h1-2,7,9-10H,3-6H2,(H,17,19). The summed E-state index contributed by atoms with van der Waals surface area (Å²) in [6.07, 6.45) is 3.84. The van der Waals surface area contributed by atoms with E-state index < -0.39 is 0 Å². The topological polar surface area (TPSA) is 80.1 Å². The summed E-state index contributed by atoms with van der Waals surface area (Å²) in [6, 6.07) is 7.90. The van der Waals surface area contributed by atoms with Crippen LogP contribution >= 0.6 is 0 Å². The Morgan fingerprint density at radius 2 is 2.00 bits per heavy atom. The van der Waals surface area contributed by atoms with Crippen LogP contribution in [0, 0.1) is 11.3 Å². The monoisotopic (exact) mass is 282 g/mol. The van der Waals surface area contributed by atoms with Crippen molar-refractivity contribution < 1.29 is 9.47 Å². The number of hydrogen-bond donors (Lipinski definition) is 1. The highest BCUT2D eigenvalue weighted by atomic mass is 16.6. The van der Waals surface area contributed by atoms with Crippen molar-refractivity contribution in [1.82, 2.24) is 9.97 Å². The molecule has 1 aromatic carbocycles. The molecule has 0 unspecified atom stereocenters. The minimum atomic E-state index is 0.312. The van der Waals surface area contributed by atoms with Gasteiger partial charge >= 0.3 is 0 Å². The molecule has 1 aliphatic heterocycles. The van der Waals surface area contributed by atoms with Gasteiger partial charge in [-0.3, -0.25) is 0 Å². The summed E-state index contributed by atoms with van der Waals surface area (Å²) in [6.45, 7) is 1.92. The van der Waals surface area contributed by atoms with Crippen molar-refractivity contribution in [1.29, 1.82) is 5.26 Å². The van der Waals surface area contributed by atoms with Crippen LogP contribution in [0.15, 0.2) is 30.6 Å². The van der Waals surface area contributed by atoms with Gasteiger partial charge in [0.2, 0.25) is 0 Å². The first kappa shape index (κ1) is 13.2. The molecule has 1 N–H and O–H groups in total.